The van der Waals surface area contributed by atoms with Crippen molar-refractivity contribution >= 4 is 44.4 Å². The molecule has 0 saturated heterocycles. The number of anilines is 1. The van der Waals surface area contributed by atoms with E-state index in [9.17, 15) is 13.6 Å². The van der Waals surface area contributed by atoms with Gasteiger partial charge in [0.1, 0.15) is 11.6 Å². The molecule has 0 atom stereocenters. The second kappa shape index (κ2) is 10.1. The maximum atomic E-state index is 13.5. The van der Waals surface area contributed by atoms with Gasteiger partial charge in [-0.05, 0) is 68.7 Å². The summed E-state index contributed by atoms with van der Waals surface area (Å²) < 4.78 is 27.2. The Kier molecular flexibility index (Phi) is 7.57. The SMILES string of the molecule is CN(C)CCN(C(=O)CCCSc1ccc(F)cc1)c1nc2ccc(F)cc2s1. The summed E-state index contributed by atoms with van der Waals surface area (Å²) in [5.41, 5.74) is 0.695. The largest absolute Gasteiger partial charge is 0.308 e. The van der Waals surface area contributed by atoms with Crippen LogP contribution in [-0.2, 0) is 4.79 Å². The second-order valence-electron chi connectivity index (χ2n) is 6.86. The van der Waals surface area contributed by atoms with Gasteiger partial charge in [-0.1, -0.05) is 11.3 Å². The van der Waals surface area contributed by atoms with E-state index in [4.69, 9.17) is 0 Å². The molecule has 8 heteroatoms. The predicted octanol–water partition coefficient (Wildman–Crippen LogP) is 5.04. The van der Waals surface area contributed by atoms with E-state index in [1.54, 1.807) is 34.9 Å². The van der Waals surface area contributed by atoms with Gasteiger partial charge in [0.25, 0.3) is 0 Å². The normalized spacial score (nSPS) is 11.3. The van der Waals surface area contributed by atoms with Crippen molar-refractivity contribution in [3.8, 4) is 0 Å². The highest BCUT2D eigenvalue weighted by molar-refractivity contribution is 7.99. The summed E-state index contributed by atoms with van der Waals surface area (Å²) in [5.74, 6) is 0.212. The zero-order valence-electron chi connectivity index (χ0n) is 16.4. The molecule has 0 bridgehead atoms. The van der Waals surface area contributed by atoms with Crippen LogP contribution in [0, 0.1) is 11.6 Å². The van der Waals surface area contributed by atoms with Gasteiger partial charge in [-0.2, -0.15) is 0 Å². The smallest absolute Gasteiger partial charge is 0.228 e. The van der Waals surface area contributed by atoms with E-state index in [0.29, 0.717) is 36.6 Å². The van der Waals surface area contributed by atoms with Gasteiger partial charge in [0.05, 0.1) is 10.2 Å². The predicted molar refractivity (Wildman–Crippen MR) is 117 cm³/mol. The lowest BCUT2D eigenvalue weighted by molar-refractivity contribution is -0.118. The Labute approximate surface area is 177 Å². The molecule has 1 heterocycles. The number of hydrogen-bond donors (Lipinski definition) is 0. The molecule has 0 saturated carbocycles. The lowest BCUT2D eigenvalue weighted by atomic mass is 10.3. The Bertz CT molecular complexity index is 960. The third-order valence-electron chi connectivity index (χ3n) is 4.26. The maximum Gasteiger partial charge on any atom is 0.228 e. The summed E-state index contributed by atoms with van der Waals surface area (Å²) in [6.45, 7) is 1.24. The quantitative estimate of drug-likeness (QED) is 0.348. The molecular formula is C21H23F2N3OS2. The Morgan fingerprint density at radius 3 is 2.52 bits per heavy atom. The number of fused-ring (bicyclic) bond motifs is 1. The van der Waals surface area contributed by atoms with Crippen molar-refractivity contribution in [2.24, 2.45) is 0 Å². The van der Waals surface area contributed by atoms with Crippen molar-refractivity contribution in [1.82, 2.24) is 9.88 Å². The van der Waals surface area contributed by atoms with E-state index in [1.807, 2.05) is 19.0 Å². The fraction of sp³-hybridized carbons (Fsp3) is 0.333. The van der Waals surface area contributed by atoms with Crippen LogP contribution in [0.4, 0.5) is 13.9 Å². The van der Waals surface area contributed by atoms with Crippen molar-refractivity contribution in [2.45, 2.75) is 17.7 Å². The monoisotopic (exact) mass is 435 g/mol. The molecule has 0 unspecified atom stereocenters. The average Bonchev–Trinajstić information content (AvgIpc) is 3.09. The zero-order chi connectivity index (χ0) is 20.8. The number of rotatable bonds is 9. The van der Waals surface area contributed by atoms with Crippen molar-refractivity contribution < 1.29 is 13.6 Å². The van der Waals surface area contributed by atoms with Crippen LogP contribution in [0.2, 0.25) is 0 Å². The number of nitrogens with zero attached hydrogens (tertiary/aromatic N) is 3. The first-order chi connectivity index (χ1) is 13.9. The summed E-state index contributed by atoms with van der Waals surface area (Å²) in [7, 11) is 3.91. The van der Waals surface area contributed by atoms with Crippen LogP contribution in [0.25, 0.3) is 10.2 Å². The maximum absolute atomic E-state index is 13.5. The molecule has 3 rings (SSSR count). The zero-order valence-corrected chi connectivity index (χ0v) is 18.0. The van der Waals surface area contributed by atoms with Gasteiger partial charge in [-0.25, -0.2) is 13.8 Å². The average molecular weight is 436 g/mol. The van der Waals surface area contributed by atoms with E-state index in [1.165, 1.54) is 35.6 Å². The molecule has 4 nitrogen and oxygen atoms in total. The van der Waals surface area contributed by atoms with Crippen molar-refractivity contribution in [2.75, 3.05) is 37.8 Å². The highest BCUT2D eigenvalue weighted by atomic mass is 32.2. The fourth-order valence-electron chi connectivity index (χ4n) is 2.71. The molecule has 0 aliphatic carbocycles. The highest BCUT2D eigenvalue weighted by Gasteiger charge is 2.19. The van der Waals surface area contributed by atoms with Crippen LogP contribution in [0.5, 0.6) is 0 Å². The fourth-order valence-corrected chi connectivity index (χ4v) is 4.59. The number of thiazole rings is 1. The molecule has 3 aromatic rings. The molecule has 0 radical (unpaired) electrons. The van der Waals surface area contributed by atoms with Gasteiger partial charge in [-0.15, -0.1) is 11.8 Å². The van der Waals surface area contributed by atoms with Crippen molar-refractivity contribution in [1.29, 1.82) is 0 Å². The van der Waals surface area contributed by atoms with E-state index in [2.05, 4.69) is 4.98 Å². The van der Waals surface area contributed by atoms with Crippen LogP contribution in [0.15, 0.2) is 47.4 Å². The standard InChI is InChI=1S/C21H23F2N3OS2/c1-25(2)11-12-26(21-24-18-10-7-16(23)14-19(18)29-21)20(27)4-3-13-28-17-8-5-15(22)6-9-17/h5-10,14H,3-4,11-13H2,1-2H3. The third kappa shape index (κ3) is 6.22. The minimum absolute atomic E-state index is 0.00563. The number of carbonyl (C=O) groups is 1. The number of likely N-dealkylation sites (N-methyl/N-ethyl adjacent to an activating group) is 1. The van der Waals surface area contributed by atoms with Crippen molar-refractivity contribution in [3.63, 3.8) is 0 Å². The number of thioether (sulfide) groups is 1. The number of benzene rings is 2. The summed E-state index contributed by atoms with van der Waals surface area (Å²) in [6, 6.07) is 10.8. The number of carbonyl (C=O) groups excluding carboxylic acids is 1. The van der Waals surface area contributed by atoms with Crippen LogP contribution in [0.3, 0.4) is 0 Å². The first-order valence-electron chi connectivity index (χ1n) is 9.32. The van der Waals surface area contributed by atoms with Gasteiger partial charge >= 0.3 is 0 Å². The molecule has 2 aromatic carbocycles. The molecule has 1 aromatic heterocycles. The first kappa shape index (κ1) is 21.7. The minimum atomic E-state index is -0.309. The van der Waals surface area contributed by atoms with Crippen LogP contribution < -0.4 is 4.90 Å². The molecule has 0 aliphatic rings. The highest BCUT2D eigenvalue weighted by Crippen LogP contribution is 2.30. The van der Waals surface area contributed by atoms with Crippen LogP contribution in [-0.4, -0.2) is 48.7 Å². The van der Waals surface area contributed by atoms with Crippen molar-refractivity contribution in [3.05, 3.63) is 54.1 Å². The van der Waals surface area contributed by atoms with Gasteiger partial charge in [0.15, 0.2) is 5.13 Å². The van der Waals surface area contributed by atoms with Crippen LogP contribution in [0.1, 0.15) is 12.8 Å². The van der Waals surface area contributed by atoms with E-state index in [-0.39, 0.29) is 17.5 Å². The molecule has 0 fully saturated rings. The Morgan fingerprint density at radius 1 is 1.07 bits per heavy atom. The summed E-state index contributed by atoms with van der Waals surface area (Å²) in [6.07, 6.45) is 1.10. The molecule has 0 spiro atoms. The third-order valence-corrected chi connectivity index (χ3v) is 6.40. The van der Waals surface area contributed by atoms with Gasteiger partial charge < -0.3 is 4.90 Å². The topological polar surface area (TPSA) is 36.4 Å². The number of halogens is 2. The lowest BCUT2D eigenvalue weighted by Crippen LogP contribution is -2.36. The molecule has 0 N–H and O–H groups in total. The van der Waals surface area contributed by atoms with E-state index >= 15 is 0 Å². The first-order valence-corrected chi connectivity index (χ1v) is 11.1. The molecule has 29 heavy (non-hydrogen) atoms. The summed E-state index contributed by atoms with van der Waals surface area (Å²) in [4.78, 5) is 22.1. The number of hydrogen-bond acceptors (Lipinski definition) is 5. The Balaban J connectivity index is 1.63. The van der Waals surface area contributed by atoms with E-state index in [0.717, 1.165) is 15.3 Å². The second-order valence-corrected chi connectivity index (χ2v) is 9.04. The molecule has 0 aliphatic heterocycles. The van der Waals surface area contributed by atoms with Crippen LogP contribution >= 0.6 is 23.1 Å². The summed E-state index contributed by atoms with van der Waals surface area (Å²) >= 11 is 2.93. The summed E-state index contributed by atoms with van der Waals surface area (Å²) in [5, 5.41) is 0.601. The number of aromatic nitrogens is 1. The molecule has 1 amide bonds. The molecular weight excluding hydrogens is 412 g/mol. The Hall–Kier alpha value is -2.03. The minimum Gasteiger partial charge on any atom is -0.308 e. The lowest BCUT2D eigenvalue weighted by Gasteiger charge is -2.22. The molecule has 154 valence electrons. The van der Waals surface area contributed by atoms with Gasteiger partial charge in [0.2, 0.25) is 5.91 Å². The van der Waals surface area contributed by atoms with Gasteiger partial charge in [-0.3, -0.25) is 9.69 Å². The number of amides is 1. The van der Waals surface area contributed by atoms with E-state index < -0.39 is 0 Å². The van der Waals surface area contributed by atoms with Gasteiger partial charge in [0, 0.05) is 24.4 Å². The Morgan fingerprint density at radius 2 is 1.79 bits per heavy atom.